The van der Waals surface area contributed by atoms with E-state index in [0.717, 1.165) is 42.5 Å². The molecule has 0 saturated heterocycles. The monoisotopic (exact) mass is 327 g/mol. The van der Waals surface area contributed by atoms with Crippen LogP contribution in [-0.4, -0.2) is 31.3 Å². The minimum Gasteiger partial charge on any atom is -0.309 e. The third-order valence-corrected chi connectivity index (χ3v) is 5.27. The lowest BCUT2D eigenvalue weighted by Gasteiger charge is -2.38. The van der Waals surface area contributed by atoms with Crippen LogP contribution in [-0.2, 0) is 11.8 Å². The molecular formula is C20H22ClNO. The first-order valence-electron chi connectivity index (χ1n) is 8.07. The number of carbonyl (C=O) groups is 1. The Hall–Kier alpha value is -1.64. The molecule has 0 aliphatic heterocycles. The molecule has 1 unspecified atom stereocenters. The largest absolute Gasteiger partial charge is 0.309 e. The second-order valence-electron chi connectivity index (χ2n) is 6.60. The fourth-order valence-corrected chi connectivity index (χ4v) is 3.83. The van der Waals surface area contributed by atoms with Crippen molar-refractivity contribution in [2.75, 3.05) is 20.6 Å². The fraction of sp³-hybridized carbons (Fsp3) is 0.350. The quantitative estimate of drug-likeness (QED) is 0.831. The van der Waals surface area contributed by atoms with Gasteiger partial charge in [-0.05, 0) is 57.1 Å². The molecular weight excluding hydrogens is 306 g/mol. The van der Waals surface area contributed by atoms with Gasteiger partial charge in [0, 0.05) is 10.6 Å². The molecule has 0 heterocycles. The van der Waals surface area contributed by atoms with Crippen LogP contribution in [0.3, 0.4) is 0 Å². The minimum absolute atomic E-state index is 0.217. The second kappa shape index (κ2) is 6.46. The molecule has 1 atom stereocenters. The van der Waals surface area contributed by atoms with Crippen molar-refractivity contribution in [2.45, 2.75) is 24.7 Å². The molecule has 120 valence electrons. The smallest absolute Gasteiger partial charge is 0.173 e. The number of Topliss-reactive ketones (excluding diaryl/α,β-unsaturated/α-hetero) is 1. The summed E-state index contributed by atoms with van der Waals surface area (Å²) in [5, 5.41) is 0.713. The molecule has 0 amide bonds. The summed E-state index contributed by atoms with van der Waals surface area (Å²) in [7, 11) is 4.10. The standard InChI is InChI=1S/C20H22ClNO/c1-22(2)14-13-20(15-7-4-3-5-8-15)12-11-16-17(19(20)23)9-6-10-18(16)21/h3-10H,11-14H2,1-2H3. The van der Waals surface area contributed by atoms with Gasteiger partial charge in [-0.3, -0.25) is 4.79 Å². The van der Waals surface area contributed by atoms with Crippen LogP contribution in [0.4, 0.5) is 0 Å². The van der Waals surface area contributed by atoms with Crippen molar-refractivity contribution >= 4 is 17.4 Å². The molecule has 0 bridgehead atoms. The Bertz CT molecular complexity index is 711. The van der Waals surface area contributed by atoms with Crippen molar-refractivity contribution in [3.8, 4) is 0 Å². The maximum atomic E-state index is 13.4. The molecule has 1 aliphatic carbocycles. The summed E-state index contributed by atoms with van der Waals surface area (Å²) >= 11 is 6.31. The van der Waals surface area contributed by atoms with Crippen LogP contribution in [0.25, 0.3) is 0 Å². The van der Waals surface area contributed by atoms with Gasteiger partial charge in [0.05, 0.1) is 5.41 Å². The Morgan fingerprint density at radius 3 is 2.52 bits per heavy atom. The molecule has 2 aromatic carbocycles. The van der Waals surface area contributed by atoms with Gasteiger partial charge in [0.2, 0.25) is 0 Å². The average Bonchev–Trinajstić information content (AvgIpc) is 2.56. The first kappa shape index (κ1) is 16.2. The highest BCUT2D eigenvalue weighted by molar-refractivity contribution is 6.32. The fourth-order valence-electron chi connectivity index (χ4n) is 3.57. The highest BCUT2D eigenvalue weighted by Crippen LogP contribution is 2.42. The molecule has 0 radical (unpaired) electrons. The third-order valence-electron chi connectivity index (χ3n) is 4.91. The van der Waals surface area contributed by atoms with E-state index in [-0.39, 0.29) is 5.78 Å². The van der Waals surface area contributed by atoms with Gasteiger partial charge >= 0.3 is 0 Å². The van der Waals surface area contributed by atoms with E-state index in [9.17, 15) is 4.79 Å². The molecule has 0 fully saturated rings. The summed E-state index contributed by atoms with van der Waals surface area (Å²) in [5.41, 5.74) is 2.49. The van der Waals surface area contributed by atoms with Crippen LogP contribution in [0.15, 0.2) is 48.5 Å². The van der Waals surface area contributed by atoms with Crippen LogP contribution in [0.5, 0.6) is 0 Å². The van der Waals surface area contributed by atoms with Gasteiger partial charge in [0.1, 0.15) is 0 Å². The van der Waals surface area contributed by atoms with Gasteiger partial charge in [-0.25, -0.2) is 0 Å². The van der Waals surface area contributed by atoms with Crippen LogP contribution in [0.2, 0.25) is 5.02 Å². The number of hydrogen-bond acceptors (Lipinski definition) is 2. The van der Waals surface area contributed by atoms with Crippen LogP contribution in [0, 0.1) is 0 Å². The molecule has 23 heavy (non-hydrogen) atoms. The maximum absolute atomic E-state index is 13.4. The Morgan fingerprint density at radius 1 is 1.09 bits per heavy atom. The number of carbonyl (C=O) groups excluding carboxylic acids is 1. The molecule has 3 heteroatoms. The zero-order chi connectivity index (χ0) is 16.4. The first-order valence-corrected chi connectivity index (χ1v) is 8.45. The Labute approximate surface area is 143 Å². The number of rotatable bonds is 4. The van der Waals surface area contributed by atoms with Crippen molar-refractivity contribution in [3.63, 3.8) is 0 Å². The van der Waals surface area contributed by atoms with E-state index < -0.39 is 5.41 Å². The SMILES string of the molecule is CN(C)CCC1(c2ccccc2)CCc2c(Cl)cccc2C1=O. The molecule has 0 saturated carbocycles. The number of hydrogen-bond donors (Lipinski definition) is 0. The number of halogens is 1. The van der Waals surface area contributed by atoms with Crippen molar-refractivity contribution in [1.82, 2.24) is 4.90 Å². The summed E-state index contributed by atoms with van der Waals surface area (Å²) in [6.45, 7) is 0.885. The normalized spacial score (nSPS) is 20.6. The Kier molecular flexibility index (Phi) is 4.56. The number of nitrogens with zero attached hydrogens (tertiary/aromatic N) is 1. The van der Waals surface area contributed by atoms with Crippen molar-refractivity contribution in [3.05, 3.63) is 70.2 Å². The molecule has 2 nitrogen and oxygen atoms in total. The predicted octanol–water partition coefficient (Wildman–Crippen LogP) is 4.36. The van der Waals surface area contributed by atoms with E-state index in [1.165, 1.54) is 0 Å². The summed E-state index contributed by atoms with van der Waals surface area (Å²) in [6.07, 6.45) is 2.50. The van der Waals surface area contributed by atoms with Crippen molar-refractivity contribution in [2.24, 2.45) is 0 Å². The average molecular weight is 328 g/mol. The number of fused-ring (bicyclic) bond motifs is 1. The van der Waals surface area contributed by atoms with Gasteiger partial charge in [0.15, 0.2) is 5.78 Å². The van der Waals surface area contributed by atoms with E-state index in [4.69, 9.17) is 11.6 Å². The van der Waals surface area contributed by atoms with E-state index >= 15 is 0 Å². The molecule has 0 spiro atoms. The highest BCUT2D eigenvalue weighted by Gasteiger charge is 2.43. The number of ketones is 1. The van der Waals surface area contributed by atoms with E-state index in [1.807, 2.05) is 36.4 Å². The van der Waals surface area contributed by atoms with Crippen molar-refractivity contribution < 1.29 is 4.79 Å². The van der Waals surface area contributed by atoms with Crippen LogP contribution < -0.4 is 0 Å². The van der Waals surface area contributed by atoms with Gasteiger partial charge in [-0.15, -0.1) is 0 Å². The third kappa shape index (κ3) is 2.93. The van der Waals surface area contributed by atoms with Crippen LogP contribution >= 0.6 is 11.6 Å². The summed E-state index contributed by atoms with van der Waals surface area (Å²) in [4.78, 5) is 15.6. The predicted molar refractivity (Wildman–Crippen MR) is 95.4 cm³/mol. The maximum Gasteiger partial charge on any atom is 0.173 e. The Morgan fingerprint density at radius 2 is 1.83 bits per heavy atom. The number of benzene rings is 2. The van der Waals surface area contributed by atoms with Gasteiger partial charge < -0.3 is 4.90 Å². The molecule has 0 aromatic heterocycles. The zero-order valence-corrected chi connectivity index (χ0v) is 14.4. The lowest BCUT2D eigenvalue weighted by atomic mass is 9.64. The van der Waals surface area contributed by atoms with Crippen LogP contribution in [0.1, 0.15) is 34.3 Å². The Balaban J connectivity index is 2.08. The van der Waals surface area contributed by atoms with E-state index in [0.29, 0.717) is 5.02 Å². The minimum atomic E-state index is -0.441. The second-order valence-corrected chi connectivity index (χ2v) is 7.00. The van der Waals surface area contributed by atoms with Crippen molar-refractivity contribution in [1.29, 1.82) is 0 Å². The first-order chi connectivity index (χ1) is 11.0. The summed E-state index contributed by atoms with van der Waals surface area (Å²) in [5.74, 6) is 0.217. The molecule has 2 aromatic rings. The van der Waals surface area contributed by atoms with Gasteiger partial charge in [-0.1, -0.05) is 54.1 Å². The zero-order valence-electron chi connectivity index (χ0n) is 13.7. The summed E-state index contributed by atoms with van der Waals surface area (Å²) in [6, 6.07) is 15.9. The van der Waals surface area contributed by atoms with Gasteiger partial charge in [0.25, 0.3) is 0 Å². The lowest BCUT2D eigenvalue weighted by Crippen LogP contribution is -2.42. The van der Waals surface area contributed by atoms with Gasteiger partial charge in [-0.2, -0.15) is 0 Å². The topological polar surface area (TPSA) is 20.3 Å². The van der Waals surface area contributed by atoms with E-state index in [1.54, 1.807) is 0 Å². The highest BCUT2D eigenvalue weighted by atomic mass is 35.5. The molecule has 1 aliphatic rings. The lowest BCUT2D eigenvalue weighted by molar-refractivity contribution is 0.0840. The summed E-state index contributed by atoms with van der Waals surface area (Å²) < 4.78 is 0. The molecule has 0 N–H and O–H groups in total. The molecule has 3 rings (SSSR count). The van der Waals surface area contributed by atoms with E-state index in [2.05, 4.69) is 31.1 Å².